The molecule has 0 aromatic heterocycles. The van der Waals surface area contributed by atoms with Gasteiger partial charge in [-0.3, -0.25) is 9.59 Å². The van der Waals surface area contributed by atoms with E-state index in [1.165, 1.54) is 6.21 Å². The number of amides is 5. The van der Waals surface area contributed by atoms with Crippen molar-refractivity contribution in [2.45, 2.75) is 69.8 Å². The van der Waals surface area contributed by atoms with Crippen LogP contribution in [0.2, 0.25) is 0 Å². The molecular formula is C42H50N10O7. The van der Waals surface area contributed by atoms with Crippen LogP contribution in [0.3, 0.4) is 0 Å². The molecular weight excluding hydrogens is 757 g/mol. The van der Waals surface area contributed by atoms with E-state index in [2.05, 4.69) is 42.2 Å². The fourth-order valence-electron chi connectivity index (χ4n) is 5.81. The Bertz CT molecular complexity index is 1990. The van der Waals surface area contributed by atoms with Gasteiger partial charge in [-0.05, 0) is 55.9 Å². The number of rotatable bonds is 18. The number of guanidine groups is 1. The van der Waals surface area contributed by atoms with E-state index in [0.29, 0.717) is 12.0 Å². The molecule has 0 saturated heterocycles. The zero-order chi connectivity index (χ0) is 42.6. The van der Waals surface area contributed by atoms with Crippen molar-refractivity contribution in [1.29, 1.82) is 0 Å². The number of hydrogen-bond donors (Lipinski definition) is 7. The Balaban J connectivity index is 1.55. The summed E-state index contributed by atoms with van der Waals surface area (Å²) in [5.41, 5.74) is 10.1. The quantitative estimate of drug-likeness (QED) is 0.0247. The number of urea groups is 1. The van der Waals surface area contributed by atoms with Gasteiger partial charge in [0.05, 0.1) is 12.1 Å². The molecule has 4 rings (SSSR count). The van der Waals surface area contributed by atoms with Crippen LogP contribution in [0.15, 0.2) is 132 Å². The van der Waals surface area contributed by atoms with Crippen LogP contribution >= 0.6 is 0 Å². The average molecular weight is 807 g/mol. The molecule has 59 heavy (non-hydrogen) atoms. The van der Waals surface area contributed by atoms with Gasteiger partial charge in [0.15, 0.2) is 5.03 Å². The maximum atomic E-state index is 14.2. The van der Waals surface area contributed by atoms with E-state index in [1.54, 1.807) is 63.2 Å². The van der Waals surface area contributed by atoms with Crippen molar-refractivity contribution < 1.29 is 28.9 Å². The zero-order valence-corrected chi connectivity index (χ0v) is 33.0. The van der Waals surface area contributed by atoms with Gasteiger partial charge < -0.3 is 37.1 Å². The molecule has 0 spiro atoms. The van der Waals surface area contributed by atoms with Gasteiger partial charge in [0.25, 0.3) is 5.96 Å². The molecule has 0 bridgehead atoms. The third kappa shape index (κ3) is 16.0. The van der Waals surface area contributed by atoms with E-state index in [4.69, 9.17) is 10.5 Å². The molecule has 0 saturated carbocycles. The fourth-order valence-corrected chi connectivity index (χ4v) is 5.81. The molecule has 0 aliphatic rings. The number of alkyl carbamates (subject to hydrolysis) is 1. The Morgan fingerprint density at radius 3 is 1.85 bits per heavy atom. The summed E-state index contributed by atoms with van der Waals surface area (Å²) < 4.78 is 5.43. The Hall–Kier alpha value is -7.30. The number of nitrogens with zero attached hydrogens (tertiary/aromatic N) is 3. The number of benzene rings is 4. The number of carbonyl (C=O) groups excluding carboxylic acids is 4. The SMILES string of the molecule is CC(C)(C)OC(=O)NC(C(=O)NC(Cc1ccccc1)C(=O)NC(/C=N/NC(=O)NC(c1ccccc1)c1ccccc1)CCCN/C(N)=N\[N+](=O)[O-])c1ccccc1. The zero-order valence-electron chi connectivity index (χ0n) is 33.0. The first kappa shape index (κ1) is 44.4. The number of hydrazone groups is 2. The summed E-state index contributed by atoms with van der Waals surface area (Å²) in [6, 6.07) is 32.1. The molecule has 310 valence electrons. The van der Waals surface area contributed by atoms with E-state index in [-0.39, 0.29) is 19.4 Å². The maximum Gasteiger partial charge on any atom is 0.408 e. The number of hydrogen-bond acceptors (Lipinski definition) is 8. The van der Waals surface area contributed by atoms with Crippen LogP contribution in [0.25, 0.3) is 0 Å². The fraction of sp³-hybridized carbons (Fsp3) is 0.286. The summed E-state index contributed by atoms with van der Waals surface area (Å²) in [4.78, 5) is 64.9. The van der Waals surface area contributed by atoms with Gasteiger partial charge in [-0.25, -0.2) is 25.1 Å². The predicted molar refractivity (Wildman–Crippen MR) is 223 cm³/mol. The van der Waals surface area contributed by atoms with E-state index in [1.807, 2.05) is 78.9 Å². The van der Waals surface area contributed by atoms with Crippen LogP contribution in [0.4, 0.5) is 9.59 Å². The highest BCUT2D eigenvalue weighted by Gasteiger charge is 2.30. The summed E-state index contributed by atoms with van der Waals surface area (Å²) in [6.07, 6.45) is 1.12. The molecule has 0 heterocycles. The lowest BCUT2D eigenvalue weighted by atomic mass is 9.99. The van der Waals surface area contributed by atoms with Crippen molar-refractivity contribution in [3.63, 3.8) is 0 Å². The minimum absolute atomic E-state index is 0.0761. The van der Waals surface area contributed by atoms with Crippen LogP contribution < -0.4 is 37.7 Å². The van der Waals surface area contributed by atoms with Crippen LogP contribution in [0.1, 0.15) is 68.0 Å². The van der Waals surface area contributed by atoms with E-state index in [9.17, 15) is 29.3 Å². The number of carbonyl (C=O) groups is 4. The second-order valence-corrected chi connectivity index (χ2v) is 14.3. The van der Waals surface area contributed by atoms with E-state index < -0.39 is 64.7 Å². The van der Waals surface area contributed by atoms with Crippen LogP contribution in [0.5, 0.6) is 0 Å². The highest BCUT2D eigenvalue weighted by Crippen LogP contribution is 2.22. The second kappa shape index (κ2) is 22.4. The summed E-state index contributed by atoms with van der Waals surface area (Å²) in [5.74, 6) is -1.66. The average Bonchev–Trinajstić information content (AvgIpc) is 3.20. The molecule has 3 atom stereocenters. The van der Waals surface area contributed by atoms with Crippen molar-refractivity contribution in [1.82, 2.24) is 32.0 Å². The molecule has 17 heteroatoms. The van der Waals surface area contributed by atoms with Gasteiger partial charge in [-0.1, -0.05) is 121 Å². The molecule has 0 aliphatic heterocycles. The largest absolute Gasteiger partial charge is 0.444 e. The monoisotopic (exact) mass is 806 g/mol. The number of nitro groups is 1. The predicted octanol–water partition coefficient (Wildman–Crippen LogP) is 4.42. The third-order valence-electron chi connectivity index (χ3n) is 8.45. The smallest absolute Gasteiger partial charge is 0.408 e. The van der Waals surface area contributed by atoms with Crippen molar-refractivity contribution in [3.05, 3.63) is 154 Å². The molecule has 4 aromatic carbocycles. The van der Waals surface area contributed by atoms with Gasteiger partial charge in [-0.2, -0.15) is 5.10 Å². The normalized spacial score (nSPS) is 13.1. The van der Waals surface area contributed by atoms with Crippen LogP contribution in [-0.2, 0) is 20.7 Å². The molecule has 17 nitrogen and oxygen atoms in total. The van der Waals surface area contributed by atoms with Crippen molar-refractivity contribution in [2.75, 3.05) is 6.54 Å². The molecule has 3 unspecified atom stereocenters. The second-order valence-electron chi connectivity index (χ2n) is 14.3. The molecule has 8 N–H and O–H groups in total. The minimum atomic E-state index is -1.22. The molecule has 4 aromatic rings. The van der Waals surface area contributed by atoms with Gasteiger partial charge in [0.2, 0.25) is 11.8 Å². The van der Waals surface area contributed by atoms with Gasteiger partial charge in [-0.15, -0.1) is 0 Å². The summed E-state index contributed by atoms with van der Waals surface area (Å²) in [5, 5.41) is 30.8. The number of nitrogens with two attached hydrogens (primary N) is 1. The third-order valence-corrected chi connectivity index (χ3v) is 8.45. The Kier molecular flexibility index (Phi) is 16.9. The van der Waals surface area contributed by atoms with Crippen molar-refractivity contribution in [3.8, 4) is 0 Å². The Labute approximate surface area is 342 Å². The first-order valence-electron chi connectivity index (χ1n) is 18.9. The van der Waals surface area contributed by atoms with Crippen LogP contribution in [0, 0.1) is 10.1 Å². The lowest BCUT2D eigenvalue weighted by Crippen LogP contribution is -2.53. The van der Waals surface area contributed by atoms with Crippen molar-refractivity contribution >= 4 is 36.1 Å². The minimum Gasteiger partial charge on any atom is -0.444 e. The Morgan fingerprint density at radius 1 is 0.763 bits per heavy atom. The lowest BCUT2D eigenvalue weighted by Gasteiger charge is -2.26. The Morgan fingerprint density at radius 2 is 1.31 bits per heavy atom. The molecule has 0 aliphatic carbocycles. The standard InChI is InChI=1S/C42H50N10O7/c1-42(2,3)59-41(56)49-36(32-23-14-7-15-24-32)38(54)47-34(27-29-17-8-4-9-18-29)37(53)46-33(25-16-26-44-39(43)51-52(57)58)28-45-50-40(55)48-35(30-19-10-5-11-20-30)31-21-12-6-13-22-31/h4-15,17-24,28,33-36H,16,25-27H2,1-3H3,(H,46,53)(H,47,54)(H,49,56)(H3,43,44,51)(H2,48,50,55)/b45-28+. The first-order chi connectivity index (χ1) is 28.3. The van der Waals surface area contributed by atoms with Gasteiger partial charge >= 0.3 is 12.1 Å². The van der Waals surface area contributed by atoms with Gasteiger partial charge in [0, 0.05) is 19.2 Å². The summed E-state index contributed by atoms with van der Waals surface area (Å²) in [7, 11) is 0. The van der Waals surface area contributed by atoms with Crippen molar-refractivity contribution in [2.24, 2.45) is 15.9 Å². The van der Waals surface area contributed by atoms with Gasteiger partial charge in [0.1, 0.15) is 22.8 Å². The molecule has 0 fully saturated rings. The van der Waals surface area contributed by atoms with E-state index in [0.717, 1.165) is 16.7 Å². The molecule has 0 radical (unpaired) electrons. The van der Waals surface area contributed by atoms with Crippen LogP contribution in [-0.4, -0.2) is 65.4 Å². The highest BCUT2D eigenvalue weighted by atomic mass is 16.7. The summed E-state index contributed by atoms with van der Waals surface area (Å²) >= 11 is 0. The maximum absolute atomic E-state index is 14.2. The topological polar surface area (TPSA) is 244 Å². The number of ether oxygens (including phenoxy) is 1. The van der Waals surface area contributed by atoms with E-state index >= 15 is 0 Å². The highest BCUT2D eigenvalue weighted by molar-refractivity contribution is 5.93. The summed E-state index contributed by atoms with van der Waals surface area (Å²) in [6.45, 7) is 5.24. The lowest BCUT2D eigenvalue weighted by molar-refractivity contribution is -0.485. The first-order valence-corrected chi connectivity index (χ1v) is 18.9. The number of nitrogens with one attached hydrogen (secondary N) is 6. The molecule has 5 amide bonds.